The van der Waals surface area contributed by atoms with Crippen molar-refractivity contribution in [1.82, 2.24) is 4.72 Å². The molecule has 0 aliphatic rings. The Bertz CT molecular complexity index is 580. The summed E-state index contributed by atoms with van der Waals surface area (Å²) in [5, 5.41) is 1.62. The van der Waals surface area contributed by atoms with E-state index in [2.05, 4.69) is 4.72 Å². The second kappa shape index (κ2) is 5.80. The van der Waals surface area contributed by atoms with Crippen molar-refractivity contribution >= 4 is 21.6 Å². The minimum atomic E-state index is -5.00. The Morgan fingerprint density at radius 1 is 1.15 bits per heavy atom. The third kappa shape index (κ3) is 4.49. The van der Waals surface area contributed by atoms with Gasteiger partial charge in [-0.1, -0.05) is 0 Å². The molecule has 0 aliphatic heterocycles. The highest BCUT2D eigenvalue weighted by Crippen LogP contribution is 2.19. The minimum absolute atomic E-state index is 0.101. The van der Waals surface area contributed by atoms with E-state index in [0.29, 0.717) is 0 Å². The van der Waals surface area contributed by atoms with Crippen molar-refractivity contribution in [2.24, 2.45) is 0 Å². The van der Waals surface area contributed by atoms with Crippen LogP contribution in [-0.2, 0) is 14.8 Å². The van der Waals surface area contributed by atoms with E-state index in [1.54, 1.807) is 19.2 Å². The Morgan fingerprint density at radius 2 is 1.65 bits per heavy atom. The molecule has 2 N–H and O–H groups in total. The predicted molar refractivity (Wildman–Crippen MR) is 66.6 cm³/mol. The molecule has 20 heavy (non-hydrogen) atoms. The van der Waals surface area contributed by atoms with E-state index in [1.807, 2.05) is 0 Å². The lowest BCUT2D eigenvalue weighted by molar-refractivity contribution is -0.167. The number of hydrogen-bond acceptors (Lipinski definition) is 3. The Labute approximate surface area is 114 Å². The monoisotopic (exact) mass is 310 g/mol. The van der Waals surface area contributed by atoms with Gasteiger partial charge < -0.3 is 5.32 Å². The first-order valence-corrected chi connectivity index (χ1v) is 7.01. The van der Waals surface area contributed by atoms with E-state index in [-0.39, 0.29) is 16.6 Å². The van der Waals surface area contributed by atoms with E-state index in [0.717, 1.165) is 24.3 Å². The molecule has 0 heterocycles. The molecule has 5 nitrogen and oxygen atoms in total. The fourth-order valence-electron chi connectivity index (χ4n) is 1.30. The van der Waals surface area contributed by atoms with Gasteiger partial charge in [-0.05, 0) is 38.1 Å². The van der Waals surface area contributed by atoms with Crippen molar-refractivity contribution in [3.8, 4) is 0 Å². The predicted octanol–water partition coefficient (Wildman–Crippen LogP) is 1.87. The number of amides is 1. The largest absolute Gasteiger partial charge is 0.471 e. The number of alkyl halides is 3. The zero-order valence-electron chi connectivity index (χ0n) is 10.7. The molecule has 9 heteroatoms. The lowest BCUT2D eigenvalue weighted by Crippen LogP contribution is -2.30. The van der Waals surface area contributed by atoms with Gasteiger partial charge >= 0.3 is 12.1 Å². The highest BCUT2D eigenvalue weighted by atomic mass is 32.2. The molecule has 1 aromatic carbocycles. The fraction of sp³-hybridized carbons (Fsp3) is 0.364. The van der Waals surface area contributed by atoms with E-state index < -0.39 is 22.1 Å². The number of rotatable bonds is 4. The Balaban J connectivity index is 2.87. The van der Waals surface area contributed by atoms with E-state index in [4.69, 9.17) is 0 Å². The third-order valence-corrected chi connectivity index (χ3v) is 3.75. The van der Waals surface area contributed by atoms with Crippen LogP contribution in [-0.4, -0.2) is 26.5 Å². The van der Waals surface area contributed by atoms with Gasteiger partial charge in [-0.2, -0.15) is 13.2 Å². The summed E-state index contributed by atoms with van der Waals surface area (Å²) in [4.78, 5) is 10.6. The number of nitrogens with one attached hydrogen (secondary N) is 2. The van der Waals surface area contributed by atoms with Gasteiger partial charge in [0.15, 0.2) is 0 Å². The number of hydrogen-bond donors (Lipinski definition) is 2. The molecule has 0 unspecified atom stereocenters. The van der Waals surface area contributed by atoms with Crippen molar-refractivity contribution in [3.05, 3.63) is 24.3 Å². The van der Waals surface area contributed by atoms with Gasteiger partial charge in [0.1, 0.15) is 0 Å². The average Bonchev–Trinajstić information content (AvgIpc) is 2.26. The molecule has 0 bridgehead atoms. The van der Waals surface area contributed by atoms with Crippen LogP contribution in [0.4, 0.5) is 18.9 Å². The first kappa shape index (κ1) is 16.4. The lowest BCUT2D eigenvalue weighted by atomic mass is 10.3. The average molecular weight is 310 g/mol. The van der Waals surface area contributed by atoms with Crippen LogP contribution in [0.5, 0.6) is 0 Å². The number of sulfonamides is 1. The van der Waals surface area contributed by atoms with Crippen LogP contribution in [0, 0.1) is 0 Å². The van der Waals surface area contributed by atoms with Crippen molar-refractivity contribution < 1.29 is 26.4 Å². The Hall–Kier alpha value is -1.61. The van der Waals surface area contributed by atoms with Crippen LogP contribution in [0.15, 0.2) is 29.2 Å². The summed E-state index contributed by atoms with van der Waals surface area (Å²) >= 11 is 0. The van der Waals surface area contributed by atoms with Crippen LogP contribution >= 0.6 is 0 Å². The molecule has 1 amide bonds. The normalized spacial score (nSPS) is 12.5. The van der Waals surface area contributed by atoms with Crippen molar-refractivity contribution in [1.29, 1.82) is 0 Å². The van der Waals surface area contributed by atoms with Gasteiger partial charge in [0, 0.05) is 11.7 Å². The molecular weight excluding hydrogens is 297 g/mol. The quantitative estimate of drug-likeness (QED) is 0.891. The SMILES string of the molecule is CC(C)NS(=O)(=O)c1ccc(NC(=O)C(F)(F)F)cc1. The maximum atomic E-state index is 12.0. The fourth-order valence-corrected chi connectivity index (χ4v) is 2.55. The van der Waals surface area contributed by atoms with Gasteiger partial charge in [0.25, 0.3) is 0 Å². The highest BCUT2D eigenvalue weighted by molar-refractivity contribution is 7.89. The molecule has 0 spiro atoms. The van der Waals surface area contributed by atoms with Gasteiger partial charge in [0.2, 0.25) is 10.0 Å². The molecule has 0 aromatic heterocycles. The zero-order valence-corrected chi connectivity index (χ0v) is 11.5. The van der Waals surface area contributed by atoms with E-state index in [1.165, 1.54) is 0 Å². The number of benzene rings is 1. The maximum Gasteiger partial charge on any atom is 0.471 e. The van der Waals surface area contributed by atoms with E-state index in [9.17, 15) is 26.4 Å². The van der Waals surface area contributed by atoms with Gasteiger partial charge in [-0.15, -0.1) is 0 Å². The van der Waals surface area contributed by atoms with Crippen LogP contribution in [0.25, 0.3) is 0 Å². The second-order valence-corrected chi connectivity index (χ2v) is 5.97. The third-order valence-electron chi connectivity index (χ3n) is 2.07. The molecular formula is C11H13F3N2O3S. The zero-order chi connectivity index (χ0) is 15.6. The van der Waals surface area contributed by atoms with Crippen LogP contribution in [0.1, 0.15) is 13.8 Å². The summed E-state index contributed by atoms with van der Waals surface area (Å²) in [6.45, 7) is 3.27. The smallest absolute Gasteiger partial charge is 0.318 e. The standard InChI is InChI=1S/C11H13F3N2O3S/c1-7(2)16-20(18,19)9-5-3-8(4-6-9)15-10(17)11(12,13)14/h3-7,16H,1-2H3,(H,15,17). The Kier molecular flexibility index (Phi) is 4.77. The molecule has 1 rings (SSSR count). The molecule has 0 radical (unpaired) electrons. The Morgan fingerprint density at radius 3 is 2.05 bits per heavy atom. The van der Waals surface area contributed by atoms with Crippen molar-refractivity contribution in [2.75, 3.05) is 5.32 Å². The molecule has 0 fully saturated rings. The first-order chi connectivity index (χ1) is 9.02. The summed E-state index contributed by atoms with van der Waals surface area (Å²) in [5.74, 6) is -2.12. The van der Waals surface area contributed by atoms with Crippen LogP contribution in [0.3, 0.4) is 0 Å². The number of carbonyl (C=O) groups is 1. The van der Waals surface area contributed by atoms with Gasteiger partial charge in [-0.25, -0.2) is 13.1 Å². The number of halogens is 3. The van der Waals surface area contributed by atoms with Crippen molar-refractivity contribution in [3.63, 3.8) is 0 Å². The summed E-state index contributed by atoms with van der Waals surface area (Å²) in [7, 11) is -3.72. The molecule has 1 aromatic rings. The number of carbonyl (C=O) groups excluding carboxylic acids is 1. The summed E-state index contributed by atoms with van der Waals surface area (Å²) in [6.07, 6.45) is -5.00. The maximum absolute atomic E-state index is 12.0. The second-order valence-electron chi connectivity index (χ2n) is 4.25. The van der Waals surface area contributed by atoms with Crippen LogP contribution < -0.4 is 10.0 Å². The summed E-state index contributed by atoms with van der Waals surface area (Å²) in [6, 6.07) is 4.06. The number of anilines is 1. The van der Waals surface area contributed by atoms with Gasteiger partial charge in [-0.3, -0.25) is 4.79 Å². The molecule has 0 saturated carbocycles. The minimum Gasteiger partial charge on any atom is -0.318 e. The highest BCUT2D eigenvalue weighted by Gasteiger charge is 2.38. The molecule has 0 saturated heterocycles. The van der Waals surface area contributed by atoms with Crippen LogP contribution in [0.2, 0.25) is 0 Å². The van der Waals surface area contributed by atoms with E-state index >= 15 is 0 Å². The molecule has 0 aliphatic carbocycles. The molecule has 0 atom stereocenters. The first-order valence-electron chi connectivity index (χ1n) is 5.53. The van der Waals surface area contributed by atoms with Gasteiger partial charge in [0.05, 0.1) is 4.90 Å². The lowest BCUT2D eigenvalue weighted by Gasteiger charge is -2.11. The summed E-state index contributed by atoms with van der Waals surface area (Å²) in [5.41, 5.74) is -0.143. The van der Waals surface area contributed by atoms with Crippen molar-refractivity contribution in [2.45, 2.75) is 31.0 Å². The molecule has 112 valence electrons. The topological polar surface area (TPSA) is 75.3 Å². The summed E-state index contributed by atoms with van der Waals surface area (Å²) < 4.78 is 61.9.